The number of benzene rings is 1. The minimum absolute atomic E-state index is 0.0166. The standard InChI is InChI=1S/C20H20F3NO3/c21-16-10-18(23)17(22)9-15(16)14-7-6-13(25)8-19(14)24-20(26)27-11-12-4-2-1-3-5-12/h1-5,10,14-15,19H,6-9,11H2,(H,24,26)/t14-,15?,19?/m1/s1. The highest BCUT2D eigenvalue weighted by molar-refractivity contribution is 5.81. The summed E-state index contributed by atoms with van der Waals surface area (Å²) in [5.74, 6) is -4.47. The van der Waals surface area contributed by atoms with Gasteiger partial charge in [-0.2, -0.15) is 0 Å². The van der Waals surface area contributed by atoms with Gasteiger partial charge in [-0.25, -0.2) is 18.0 Å². The first kappa shape index (κ1) is 19.2. The average Bonchev–Trinajstić information content (AvgIpc) is 2.64. The van der Waals surface area contributed by atoms with Gasteiger partial charge in [0.05, 0.1) is 0 Å². The Morgan fingerprint density at radius 3 is 2.63 bits per heavy atom. The van der Waals surface area contributed by atoms with E-state index in [4.69, 9.17) is 4.74 Å². The normalized spacial score (nSPS) is 25.8. The molecule has 1 aromatic rings. The molecule has 1 saturated carbocycles. The van der Waals surface area contributed by atoms with Gasteiger partial charge in [0.15, 0.2) is 5.83 Å². The van der Waals surface area contributed by atoms with Crippen LogP contribution >= 0.6 is 0 Å². The zero-order valence-electron chi connectivity index (χ0n) is 14.6. The van der Waals surface area contributed by atoms with Crippen LogP contribution in [0.5, 0.6) is 0 Å². The van der Waals surface area contributed by atoms with Gasteiger partial charge >= 0.3 is 6.09 Å². The van der Waals surface area contributed by atoms with Crippen LogP contribution in [0.2, 0.25) is 0 Å². The lowest BCUT2D eigenvalue weighted by Gasteiger charge is -2.36. The molecule has 0 heterocycles. The average molecular weight is 379 g/mol. The second kappa shape index (κ2) is 8.41. The Morgan fingerprint density at radius 2 is 1.89 bits per heavy atom. The minimum atomic E-state index is -1.21. The van der Waals surface area contributed by atoms with Crippen LogP contribution in [-0.4, -0.2) is 17.9 Å². The summed E-state index contributed by atoms with van der Waals surface area (Å²) in [6.07, 6.45) is -0.0635. The van der Waals surface area contributed by atoms with Crippen molar-refractivity contribution in [1.82, 2.24) is 5.32 Å². The SMILES string of the molecule is O=C1CC[C@H](C2CC(F)=C(F)C=C2F)C(NC(=O)OCc2ccccc2)C1. The van der Waals surface area contributed by atoms with E-state index in [9.17, 15) is 22.8 Å². The number of amides is 1. The highest BCUT2D eigenvalue weighted by atomic mass is 19.2. The fraction of sp³-hybridized carbons (Fsp3) is 0.400. The van der Waals surface area contributed by atoms with Gasteiger partial charge in [-0.3, -0.25) is 4.79 Å². The van der Waals surface area contributed by atoms with Crippen LogP contribution in [0.15, 0.2) is 53.9 Å². The van der Waals surface area contributed by atoms with Gasteiger partial charge in [0.1, 0.15) is 24.0 Å². The molecule has 0 bridgehead atoms. The maximum atomic E-state index is 14.2. The van der Waals surface area contributed by atoms with Crippen LogP contribution in [0.3, 0.4) is 0 Å². The van der Waals surface area contributed by atoms with E-state index in [2.05, 4.69) is 5.32 Å². The van der Waals surface area contributed by atoms with Crippen LogP contribution in [0.4, 0.5) is 18.0 Å². The molecule has 0 radical (unpaired) electrons. The minimum Gasteiger partial charge on any atom is -0.445 e. The van der Waals surface area contributed by atoms with Crippen LogP contribution in [0.1, 0.15) is 31.2 Å². The molecule has 1 fully saturated rings. The molecule has 27 heavy (non-hydrogen) atoms. The topological polar surface area (TPSA) is 55.4 Å². The fourth-order valence-electron chi connectivity index (χ4n) is 3.63. The molecule has 144 valence electrons. The monoisotopic (exact) mass is 379 g/mol. The van der Waals surface area contributed by atoms with Crippen LogP contribution in [-0.2, 0) is 16.1 Å². The van der Waals surface area contributed by atoms with Gasteiger partial charge in [-0.15, -0.1) is 0 Å². The van der Waals surface area contributed by atoms with Crippen molar-refractivity contribution in [2.45, 2.75) is 38.3 Å². The van der Waals surface area contributed by atoms with Gasteiger partial charge in [0.2, 0.25) is 0 Å². The van der Waals surface area contributed by atoms with Crippen molar-refractivity contribution < 1.29 is 27.5 Å². The second-order valence-corrected chi connectivity index (χ2v) is 6.85. The molecule has 1 N–H and O–H groups in total. The van der Waals surface area contributed by atoms with Gasteiger partial charge < -0.3 is 10.1 Å². The zero-order chi connectivity index (χ0) is 19.4. The number of ether oxygens (including phenoxy) is 1. The molecule has 0 aromatic heterocycles. The van der Waals surface area contributed by atoms with Gasteiger partial charge in [-0.05, 0) is 17.9 Å². The molecule has 1 aromatic carbocycles. The number of allylic oxidation sites excluding steroid dienone is 4. The Balaban J connectivity index is 1.65. The molecular formula is C20H20F3NO3. The number of hydrogen-bond acceptors (Lipinski definition) is 3. The van der Waals surface area contributed by atoms with E-state index in [1.807, 2.05) is 18.2 Å². The first-order chi connectivity index (χ1) is 12.9. The fourth-order valence-corrected chi connectivity index (χ4v) is 3.63. The predicted octanol–water partition coefficient (Wildman–Crippen LogP) is 4.67. The van der Waals surface area contributed by atoms with Crippen molar-refractivity contribution in [2.24, 2.45) is 11.8 Å². The third kappa shape index (κ3) is 4.78. The van der Waals surface area contributed by atoms with Gasteiger partial charge in [-0.1, -0.05) is 30.3 Å². The van der Waals surface area contributed by atoms with Crippen molar-refractivity contribution >= 4 is 11.9 Å². The van der Waals surface area contributed by atoms with Crippen molar-refractivity contribution in [1.29, 1.82) is 0 Å². The molecule has 3 atom stereocenters. The number of carbonyl (C=O) groups is 2. The number of carbonyl (C=O) groups excluding carboxylic acids is 2. The van der Waals surface area contributed by atoms with Gasteiger partial charge in [0, 0.05) is 37.3 Å². The number of ketones is 1. The number of hydrogen-bond donors (Lipinski definition) is 1. The third-order valence-electron chi connectivity index (χ3n) is 5.03. The molecule has 7 heteroatoms. The van der Waals surface area contributed by atoms with E-state index < -0.39 is 47.9 Å². The Hall–Kier alpha value is -2.57. The molecule has 4 nitrogen and oxygen atoms in total. The molecule has 1 amide bonds. The number of alkyl carbamates (subject to hydrolysis) is 1. The maximum absolute atomic E-state index is 14.2. The molecule has 3 rings (SSSR count). The summed E-state index contributed by atoms with van der Waals surface area (Å²) in [6, 6.07) is 8.37. The Morgan fingerprint density at radius 1 is 1.15 bits per heavy atom. The molecule has 2 aliphatic carbocycles. The molecular weight excluding hydrogens is 359 g/mol. The first-order valence-corrected chi connectivity index (χ1v) is 8.84. The van der Waals surface area contributed by atoms with Crippen LogP contribution < -0.4 is 5.32 Å². The number of halogens is 3. The number of nitrogens with one attached hydrogen (secondary N) is 1. The number of Topliss-reactive ketones (excluding diaryl/α,β-unsaturated/α-hetero) is 1. The van der Waals surface area contributed by atoms with E-state index in [0.29, 0.717) is 12.5 Å². The lowest BCUT2D eigenvalue weighted by Crippen LogP contribution is -2.47. The van der Waals surface area contributed by atoms with Gasteiger partial charge in [0.25, 0.3) is 0 Å². The zero-order valence-corrected chi connectivity index (χ0v) is 14.6. The summed E-state index contributed by atoms with van der Waals surface area (Å²) in [5, 5.41) is 2.61. The third-order valence-corrected chi connectivity index (χ3v) is 5.03. The molecule has 2 aliphatic rings. The highest BCUT2D eigenvalue weighted by Gasteiger charge is 2.40. The summed E-state index contributed by atoms with van der Waals surface area (Å²) >= 11 is 0. The van der Waals surface area contributed by atoms with E-state index in [1.54, 1.807) is 12.1 Å². The summed E-state index contributed by atoms with van der Waals surface area (Å²) in [5.41, 5.74) is 0.799. The molecule has 0 aliphatic heterocycles. The molecule has 0 saturated heterocycles. The maximum Gasteiger partial charge on any atom is 0.407 e. The quantitative estimate of drug-likeness (QED) is 0.827. The Bertz CT molecular complexity index is 776. The van der Waals surface area contributed by atoms with E-state index >= 15 is 0 Å². The summed E-state index contributed by atoms with van der Waals surface area (Å²) in [4.78, 5) is 23.9. The van der Waals surface area contributed by atoms with Crippen molar-refractivity contribution in [3.05, 3.63) is 59.5 Å². The lowest BCUT2D eigenvalue weighted by molar-refractivity contribution is -0.122. The largest absolute Gasteiger partial charge is 0.445 e. The smallest absolute Gasteiger partial charge is 0.407 e. The summed E-state index contributed by atoms with van der Waals surface area (Å²) < 4.78 is 46.3. The van der Waals surface area contributed by atoms with Crippen LogP contribution in [0, 0.1) is 11.8 Å². The molecule has 0 spiro atoms. The first-order valence-electron chi connectivity index (χ1n) is 8.84. The van der Waals surface area contributed by atoms with E-state index in [-0.39, 0.29) is 25.2 Å². The molecule has 2 unspecified atom stereocenters. The second-order valence-electron chi connectivity index (χ2n) is 6.85. The Labute approximate surface area is 155 Å². The van der Waals surface area contributed by atoms with E-state index in [0.717, 1.165) is 5.56 Å². The van der Waals surface area contributed by atoms with Crippen LogP contribution in [0.25, 0.3) is 0 Å². The lowest BCUT2D eigenvalue weighted by atomic mass is 9.73. The highest BCUT2D eigenvalue weighted by Crippen LogP contribution is 2.41. The predicted molar refractivity (Wildman–Crippen MR) is 92.4 cm³/mol. The Kier molecular flexibility index (Phi) is 5.98. The summed E-state index contributed by atoms with van der Waals surface area (Å²) in [6.45, 7) is 0.0538. The number of rotatable bonds is 4. The van der Waals surface area contributed by atoms with Crippen molar-refractivity contribution in [3.63, 3.8) is 0 Å². The van der Waals surface area contributed by atoms with Crippen molar-refractivity contribution in [2.75, 3.05) is 0 Å². The summed E-state index contributed by atoms with van der Waals surface area (Å²) in [7, 11) is 0. The van der Waals surface area contributed by atoms with E-state index in [1.165, 1.54) is 0 Å². The van der Waals surface area contributed by atoms with Crippen molar-refractivity contribution in [3.8, 4) is 0 Å².